The third-order valence-electron chi connectivity index (χ3n) is 3.57. The van der Waals surface area contributed by atoms with E-state index in [4.69, 9.17) is 16.3 Å². The fourth-order valence-electron chi connectivity index (χ4n) is 2.34. The van der Waals surface area contributed by atoms with Crippen LogP contribution in [0.1, 0.15) is 16.6 Å². The number of aromatic nitrogens is 1. The van der Waals surface area contributed by atoms with Crippen LogP contribution in [0.3, 0.4) is 0 Å². The van der Waals surface area contributed by atoms with Crippen LogP contribution in [-0.4, -0.2) is 29.2 Å². The van der Waals surface area contributed by atoms with Crippen molar-refractivity contribution in [1.29, 1.82) is 0 Å². The lowest BCUT2D eigenvalue weighted by Gasteiger charge is -2.02. The number of amides is 1. The van der Waals surface area contributed by atoms with Gasteiger partial charge in [0, 0.05) is 15.5 Å². The van der Waals surface area contributed by atoms with Gasteiger partial charge in [0.25, 0.3) is 0 Å². The van der Waals surface area contributed by atoms with Crippen molar-refractivity contribution in [2.45, 2.75) is 11.8 Å². The fraction of sp³-hybridized carbons (Fsp3) is 0.150. The zero-order valence-electron chi connectivity index (χ0n) is 15.0. The maximum atomic E-state index is 12.3. The van der Waals surface area contributed by atoms with E-state index in [9.17, 15) is 9.59 Å². The number of halogens is 1. The van der Waals surface area contributed by atoms with E-state index in [1.165, 1.54) is 11.8 Å². The fourth-order valence-corrected chi connectivity index (χ4v) is 4.06. The summed E-state index contributed by atoms with van der Waals surface area (Å²) in [5, 5.41) is 3.78. The predicted molar refractivity (Wildman–Crippen MR) is 114 cm³/mol. The van der Waals surface area contributed by atoms with Crippen LogP contribution in [0.4, 0.5) is 5.13 Å². The SMILES string of the molecule is CCOC(=O)c1sc(NC(=O)CSc2ccc(Cl)cc2)nc1-c1ccccc1. The number of carbonyl (C=O) groups excluding carboxylic acids is 2. The van der Waals surface area contributed by atoms with Gasteiger partial charge in [0.15, 0.2) is 5.13 Å². The summed E-state index contributed by atoms with van der Waals surface area (Å²) >= 11 is 8.37. The molecule has 1 aromatic heterocycles. The van der Waals surface area contributed by atoms with E-state index in [2.05, 4.69) is 10.3 Å². The van der Waals surface area contributed by atoms with Gasteiger partial charge in [0.05, 0.1) is 18.1 Å². The zero-order valence-corrected chi connectivity index (χ0v) is 17.4. The molecule has 0 radical (unpaired) electrons. The number of thioether (sulfide) groups is 1. The van der Waals surface area contributed by atoms with Crippen LogP contribution in [0.2, 0.25) is 5.02 Å². The number of esters is 1. The first-order valence-electron chi connectivity index (χ1n) is 8.48. The van der Waals surface area contributed by atoms with Crippen LogP contribution in [0, 0.1) is 0 Å². The number of hydrogen-bond acceptors (Lipinski definition) is 6. The molecule has 0 spiro atoms. The largest absolute Gasteiger partial charge is 0.462 e. The molecule has 0 bridgehead atoms. The number of nitrogens with zero attached hydrogens (tertiary/aromatic N) is 1. The Morgan fingerprint density at radius 3 is 2.54 bits per heavy atom. The number of anilines is 1. The normalized spacial score (nSPS) is 10.5. The molecule has 0 atom stereocenters. The first kappa shape index (κ1) is 20.4. The second-order valence-corrected chi connectivity index (χ2v) is 8.06. The molecule has 2 aromatic carbocycles. The summed E-state index contributed by atoms with van der Waals surface area (Å²) in [6.45, 7) is 2.02. The first-order valence-corrected chi connectivity index (χ1v) is 10.7. The summed E-state index contributed by atoms with van der Waals surface area (Å²) in [5.41, 5.74) is 1.29. The molecule has 0 saturated heterocycles. The average molecular weight is 433 g/mol. The molecule has 3 rings (SSSR count). The van der Waals surface area contributed by atoms with Crippen molar-refractivity contribution in [2.24, 2.45) is 0 Å². The lowest BCUT2D eigenvalue weighted by molar-refractivity contribution is -0.113. The van der Waals surface area contributed by atoms with Crippen molar-refractivity contribution in [3.8, 4) is 11.3 Å². The van der Waals surface area contributed by atoms with Crippen molar-refractivity contribution >= 4 is 51.7 Å². The van der Waals surface area contributed by atoms with Crippen molar-refractivity contribution in [3.05, 3.63) is 64.5 Å². The minimum absolute atomic E-state index is 0.205. The Morgan fingerprint density at radius 2 is 1.86 bits per heavy atom. The molecule has 0 aliphatic rings. The zero-order chi connectivity index (χ0) is 19.9. The molecule has 1 amide bonds. The second-order valence-electron chi connectivity index (χ2n) is 5.57. The Hall–Kier alpha value is -2.35. The van der Waals surface area contributed by atoms with Crippen LogP contribution >= 0.6 is 34.7 Å². The Bertz CT molecular complexity index is 959. The van der Waals surface area contributed by atoms with Crippen LogP contribution in [0.5, 0.6) is 0 Å². The van der Waals surface area contributed by atoms with E-state index >= 15 is 0 Å². The minimum Gasteiger partial charge on any atom is -0.462 e. The van der Waals surface area contributed by atoms with Crippen LogP contribution in [0.25, 0.3) is 11.3 Å². The summed E-state index contributed by atoms with van der Waals surface area (Å²) in [7, 11) is 0. The Balaban J connectivity index is 1.73. The number of rotatable bonds is 7. The number of nitrogens with one attached hydrogen (secondary N) is 1. The maximum absolute atomic E-state index is 12.3. The number of ether oxygens (including phenoxy) is 1. The van der Waals surface area contributed by atoms with Gasteiger partial charge in [-0.3, -0.25) is 4.79 Å². The molecule has 8 heteroatoms. The highest BCUT2D eigenvalue weighted by Crippen LogP contribution is 2.32. The number of carbonyl (C=O) groups is 2. The van der Waals surface area contributed by atoms with E-state index in [1.807, 2.05) is 42.5 Å². The highest BCUT2D eigenvalue weighted by molar-refractivity contribution is 8.00. The van der Waals surface area contributed by atoms with Gasteiger partial charge in [-0.05, 0) is 31.2 Å². The van der Waals surface area contributed by atoms with E-state index in [1.54, 1.807) is 19.1 Å². The van der Waals surface area contributed by atoms with Gasteiger partial charge in [-0.25, -0.2) is 9.78 Å². The Labute approximate surface area is 176 Å². The first-order chi connectivity index (χ1) is 13.6. The van der Waals surface area contributed by atoms with Gasteiger partial charge in [-0.1, -0.05) is 53.3 Å². The minimum atomic E-state index is -0.449. The van der Waals surface area contributed by atoms with Gasteiger partial charge < -0.3 is 10.1 Å². The van der Waals surface area contributed by atoms with Crippen molar-refractivity contribution in [3.63, 3.8) is 0 Å². The second kappa shape index (κ2) is 9.73. The molecule has 5 nitrogen and oxygen atoms in total. The molecule has 0 fully saturated rings. The quantitative estimate of drug-likeness (QED) is 0.401. The smallest absolute Gasteiger partial charge is 0.350 e. The topological polar surface area (TPSA) is 68.3 Å². The average Bonchev–Trinajstić information content (AvgIpc) is 3.12. The van der Waals surface area contributed by atoms with E-state index in [0.29, 0.717) is 20.7 Å². The number of thiazole rings is 1. The van der Waals surface area contributed by atoms with E-state index < -0.39 is 5.97 Å². The Morgan fingerprint density at radius 1 is 1.14 bits per heavy atom. The molecule has 0 aliphatic heterocycles. The maximum Gasteiger partial charge on any atom is 0.350 e. The molecule has 28 heavy (non-hydrogen) atoms. The molecule has 1 heterocycles. The standard InChI is InChI=1S/C20H17ClN2O3S2/c1-2-26-19(25)18-17(13-6-4-3-5-7-13)23-20(28-18)22-16(24)12-27-15-10-8-14(21)9-11-15/h3-11H,2,12H2,1H3,(H,22,23,24). The highest BCUT2D eigenvalue weighted by Gasteiger charge is 2.21. The Kier molecular flexibility index (Phi) is 7.08. The van der Waals surface area contributed by atoms with Gasteiger partial charge in [-0.2, -0.15) is 0 Å². The van der Waals surface area contributed by atoms with Crippen molar-refractivity contribution in [2.75, 3.05) is 17.7 Å². The van der Waals surface area contributed by atoms with Crippen LogP contribution in [-0.2, 0) is 9.53 Å². The summed E-state index contributed by atoms with van der Waals surface area (Å²) in [4.78, 5) is 30.4. The summed E-state index contributed by atoms with van der Waals surface area (Å²) in [5.74, 6) is -0.435. The lowest BCUT2D eigenvalue weighted by atomic mass is 10.1. The lowest BCUT2D eigenvalue weighted by Crippen LogP contribution is -2.13. The highest BCUT2D eigenvalue weighted by atomic mass is 35.5. The third kappa shape index (κ3) is 5.34. The third-order valence-corrected chi connectivity index (χ3v) is 5.78. The molecule has 0 aliphatic carbocycles. The van der Waals surface area contributed by atoms with Crippen LogP contribution < -0.4 is 5.32 Å². The monoisotopic (exact) mass is 432 g/mol. The predicted octanol–water partition coefficient (Wildman–Crippen LogP) is 5.37. The molecule has 144 valence electrons. The van der Waals surface area contributed by atoms with Gasteiger partial charge >= 0.3 is 5.97 Å². The summed E-state index contributed by atoms with van der Waals surface area (Å²) in [6, 6.07) is 16.6. The van der Waals surface area contributed by atoms with Gasteiger partial charge in [0.2, 0.25) is 5.91 Å². The molecule has 1 N–H and O–H groups in total. The van der Waals surface area contributed by atoms with Crippen molar-refractivity contribution < 1.29 is 14.3 Å². The summed E-state index contributed by atoms with van der Waals surface area (Å²) < 4.78 is 5.13. The number of hydrogen-bond donors (Lipinski definition) is 1. The molecular weight excluding hydrogens is 416 g/mol. The van der Waals surface area contributed by atoms with Crippen LogP contribution in [0.15, 0.2) is 59.5 Å². The molecule has 3 aromatic rings. The van der Waals surface area contributed by atoms with Gasteiger partial charge in [0.1, 0.15) is 4.88 Å². The number of benzene rings is 2. The van der Waals surface area contributed by atoms with Gasteiger partial charge in [-0.15, -0.1) is 11.8 Å². The van der Waals surface area contributed by atoms with Crippen molar-refractivity contribution in [1.82, 2.24) is 4.98 Å². The molecule has 0 saturated carbocycles. The molecular formula is C20H17ClN2O3S2. The van der Waals surface area contributed by atoms with E-state index in [0.717, 1.165) is 21.8 Å². The summed E-state index contributed by atoms with van der Waals surface area (Å²) in [6.07, 6.45) is 0. The molecule has 0 unspecified atom stereocenters. The van der Waals surface area contributed by atoms with E-state index in [-0.39, 0.29) is 18.3 Å².